The molecule has 2 aliphatic heterocycles. The largest absolute Gasteiger partial charge is 0.463 e. The molecule has 34 heavy (non-hydrogen) atoms. The molecule has 0 aliphatic carbocycles. The zero-order valence-electron chi connectivity index (χ0n) is 18.5. The molecule has 180 valence electrons. The lowest BCUT2D eigenvalue weighted by atomic mass is 9.97. The summed E-state index contributed by atoms with van der Waals surface area (Å²) < 4.78 is 12.7. The van der Waals surface area contributed by atoms with Crippen molar-refractivity contribution in [3.05, 3.63) is 35.3 Å². The number of hydrogen-bond acceptors (Lipinski definition) is 10. The normalized spacial score (nSPS) is 29.4. The van der Waals surface area contributed by atoms with Gasteiger partial charge in [-0.05, 0) is 36.6 Å². The Morgan fingerprint density at radius 2 is 2.09 bits per heavy atom. The van der Waals surface area contributed by atoms with E-state index in [9.17, 15) is 20.1 Å². The lowest BCUT2D eigenvalue weighted by Crippen LogP contribution is -2.65. The summed E-state index contributed by atoms with van der Waals surface area (Å²) >= 11 is 3.34. The van der Waals surface area contributed by atoms with Gasteiger partial charge in [0.25, 0.3) is 0 Å². The van der Waals surface area contributed by atoms with Crippen molar-refractivity contribution < 1.29 is 29.6 Å². The molecule has 1 aromatic heterocycles. The first kappa shape index (κ1) is 23.5. The minimum atomic E-state index is -1.37. The molecule has 6 atom stereocenters. The molecule has 9 nitrogen and oxygen atoms in total. The van der Waals surface area contributed by atoms with Crippen LogP contribution in [0.1, 0.15) is 18.9 Å². The standard InChI is InChI=1S/C23H25N3O6S2/c1-10-9-33-21(24-10)22-26-15-6-3-12-7-13(4-5-14(12)20(15)34-22)31-23-17(25-11(2)28)19(30)18(29)16(8-27)32-23/h3-7,10,16-19,23,27,29-30H,8-9H2,1-2H3,(H,25,28). The van der Waals surface area contributed by atoms with E-state index in [0.29, 0.717) is 11.8 Å². The minimum Gasteiger partial charge on any atom is -0.463 e. The number of aliphatic hydroxyl groups excluding tert-OH is 3. The summed E-state index contributed by atoms with van der Waals surface area (Å²) in [6.07, 6.45) is -4.87. The Balaban J connectivity index is 1.44. The van der Waals surface area contributed by atoms with Gasteiger partial charge in [-0.25, -0.2) is 4.98 Å². The van der Waals surface area contributed by atoms with E-state index in [2.05, 4.69) is 17.2 Å². The number of fused-ring (bicyclic) bond motifs is 3. The zero-order chi connectivity index (χ0) is 24.0. The Labute approximate surface area is 203 Å². The SMILES string of the molecule is CC(=O)NC1C(Oc2ccc3c(ccc4nc(C5=NC(C)CS5)sc43)c2)OC(CO)C(O)C1O. The fourth-order valence-corrected chi connectivity index (χ4v) is 6.34. The molecule has 1 fully saturated rings. The van der Waals surface area contributed by atoms with Crippen LogP contribution in [-0.2, 0) is 9.53 Å². The Morgan fingerprint density at radius 1 is 1.26 bits per heavy atom. The van der Waals surface area contributed by atoms with Crippen LogP contribution < -0.4 is 10.1 Å². The Bertz CT molecular complexity index is 1260. The average Bonchev–Trinajstić information content (AvgIpc) is 3.44. The van der Waals surface area contributed by atoms with Gasteiger partial charge in [-0.3, -0.25) is 9.79 Å². The molecule has 0 spiro atoms. The van der Waals surface area contributed by atoms with Gasteiger partial charge in [0.15, 0.2) is 0 Å². The van der Waals surface area contributed by atoms with Gasteiger partial charge in [0.2, 0.25) is 12.2 Å². The predicted molar refractivity (Wildman–Crippen MR) is 132 cm³/mol. The molecule has 11 heteroatoms. The van der Waals surface area contributed by atoms with Crippen molar-refractivity contribution in [1.82, 2.24) is 10.3 Å². The molecule has 0 saturated carbocycles. The summed E-state index contributed by atoms with van der Waals surface area (Å²) in [4.78, 5) is 21.1. The number of thiazole rings is 1. The molecule has 0 radical (unpaired) electrons. The van der Waals surface area contributed by atoms with Crippen LogP contribution in [0.2, 0.25) is 0 Å². The van der Waals surface area contributed by atoms with Crippen molar-refractivity contribution in [3.63, 3.8) is 0 Å². The van der Waals surface area contributed by atoms with Crippen LogP contribution in [0.5, 0.6) is 5.75 Å². The molecule has 1 saturated heterocycles. The van der Waals surface area contributed by atoms with Crippen molar-refractivity contribution >= 4 is 55.0 Å². The van der Waals surface area contributed by atoms with E-state index in [1.165, 1.54) is 6.92 Å². The van der Waals surface area contributed by atoms with Crippen LogP contribution in [0.4, 0.5) is 0 Å². The summed E-state index contributed by atoms with van der Waals surface area (Å²) in [5.41, 5.74) is 0.910. The highest BCUT2D eigenvalue weighted by molar-refractivity contribution is 8.15. The molecule has 5 rings (SSSR count). The van der Waals surface area contributed by atoms with Gasteiger partial charge in [-0.1, -0.05) is 6.07 Å². The number of aliphatic imine (C=N–C) groups is 1. The first-order valence-corrected chi connectivity index (χ1v) is 12.7. The van der Waals surface area contributed by atoms with Crippen LogP contribution in [0.15, 0.2) is 35.3 Å². The number of carbonyl (C=O) groups is 1. The van der Waals surface area contributed by atoms with Crippen LogP contribution >= 0.6 is 23.1 Å². The molecule has 3 aromatic rings. The first-order valence-electron chi connectivity index (χ1n) is 10.9. The number of rotatable bonds is 5. The minimum absolute atomic E-state index is 0.303. The third kappa shape index (κ3) is 4.39. The monoisotopic (exact) mass is 503 g/mol. The summed E-state index contributed by atoms with van der Waals surface area (Å²) in [5.74, 6) is 1.03. The maximum atomic E-state index is 11.6. The summed E-state index contributed by atoms with van der Waals surface area (Å²) in [6, 6.07) is 8.78. The van der Waals surface area contributed by atoms with Gasteiger partial charge >= 0.3 is 0 Å². The molecule has 4 N–H and O–H groups in total. The molecule has 2 aromatic carbocycles. The van der Waals surface area contributed by atoms with Gasteiger partial charge < -0.3 is 30.1 Å². The number of aromatic nitrogens is 1. The van der Waals surface area contributed by atoms with E-state index in [1.54, 1.807) is 29.2 Å². The highest BCUT2D eigenvalue weighted by Crippen LogP contribution is 2.35. The van der Waals surface area contributed by atoms with E-state index in [0.717, 1.165) is 36.8 Å². The predicted octanol–water partition coefficient (Wildman–Crippen LogP) is 1.65. The Hall–Kier alpha value is -2.28. The van der Waals surface area contributed by atoms with Crippen molar-refractivity contribution in [3.8, 4) is 5.75 Å². The van der Waals surface area contributed by atoms with Crippen LogP contribution in [0.25, 0.3) is 21.0 Å². The number of ether oxygens (including phenoxy) is 2. The average molecular weight is 504 g/mol. The van der Waals surface area contributed by atoms with Crippen molar-refractivity contribution in [2.75, 3.05) is 12.4 Å². The molecule has 0 bridgehead atoms. The van der Waals surface area contributed by atoms with Crippen LogP contribution in [0, 0.1) is 0 Å². The van der Waals surface area contributed by atoms with Crippen molar-refractivity contribution in [1.29, 1.82) is 0 Å². The number of carbonyl (C=O) groups excluding carboxylic acids is 1. The number of nitrogens with one attached hydrogen (secondary N) is 1. The fourth-order valence-electron chi connectivity index (χ4n) is 4.15. The highest BCUT2D eigenvalue weighted by atomic mass is 32.2. The van der Waals surface area contributed by atoms with Gasteiger partial charge in [0.05, 0.1) is 22.9 Å². The quantitative estimate of drug-likeness (QED) is 0.413. The zero-order valence-corrected chi connectivity index (χ0v) is 20.2. The van der Waals surface area contributed by atoms with E-state index >= 15 is 0 Å². The third-order valence-electron chi connectivity index (χ3n) is 5.83. The number of hydrogen-bond donors (Lipinski definition) is 4. The Morgan fingerprint density at radius 3 is 2.79 bits per heavy atom. The molecule has 1 amide bonds. The number of amides is 1. The van der Waals surface area contributed by atoms with E-state index < -0.39 is 43.2 Å². The smallest absolute Gasteiger partial charge is 0.223 e. The third-order valence-corrected chi connectivity index (χ3v) is 8.29. The molecular weight excluding hydrogens is 478 g/mol. The van der Waals surface area contributed by atoms with E-state index in [1.807, 2.05) is 24.3 Å². The lowest BCUT2D eigenvalue weighted by molar-refractivity contribution is -0.244. The molecule has 3 heterocycles. The first-order chi connectivity index (χ1) is 16.3. The number of nitrogens with zero attached hydrogens (tertiary/aromatic N) is 2. The molecule has 6 unspecified atom stereocenters. The summed E-state index contributed by atoms with van der Waals surface area (Å²) in [6.45, 7) is 2.89. The number of benzene rings is 2. The molecule has 2 aliphatic rings. The van der Waals surface area contributed by atoms with Crippen molar-refractivity contribution in [2.45, 2.75) is 50.5 Å². The second kappa shape index (κ2) is 9.40. The van der Waals surface area contributed by atoms with Gasteiger partial charge in [-0.15, -0.1) is 23.1 Å². The Kier molecular flexibility index (Phi) is 6.49. The lowest BCUT2D eigenvalue weighted by Gasteiger charge is -2.42. The highest BCUT2D eigenvalue weighted by Gasteiger charge is 2.46. The molecular formula is C23H25N3O6S2. The maximum absolute atomic E-state index is 11.6. The van der Waals surface area contributed by atoms with E-state index in [4.69, 9.17) is 14.5 Å². The van der Waals surface area contributed by atoms with Gasteiger partial charge in [0.1, 0.15) is 40.2 Å². The van der Waals surface area contributed by atoms with E-state index in [-0.39, 0.29) is 0 Å². The topological polar surface area (TPSA) is 134 Å². The maximum Gasteiger partial charge on any atom is 0.223 e. The second-order valence-electron chi connectivity index (χ2n) is 8.46. The second-order valence-corrected chi connectivity index (χ2v) is 10.5. The number of aliphatic hydroxyl groups is 3. The summed E-state index contributed by atoms with van der Waals surface area (Å²) in [5, 5.41) is 36.6. The van der Waals surface area contributed by atoms with Gasteiger partial charge in [0, 0.05) is 18.1 Å². The van der Waals surface area contributed by atoms with Gasteiger partial charge in [-0.2, -0.15) is 0 Å². The van der Waals surface area contributed by atoms with Crippen molar-refractivity contribution in [2.24, 2.45) is 4.99 Å². The van der Waals surface area contributed by atoms with Crippen LogP contribution in [0.3, 0.4) is 0 Å². The number of thioether (sulfide) groups is 1. The summed E-state index contributed by atoms with van der Waals surface area (Å²) in [7, 11) is 0. The fraction of sp³-hybridized carbons (Fsp3) is 0.435. The van der Waals surface area contributed by atoms with Crippen LogP contribution in [-0.4, -0.2) is 80.3 Å².